The minimum atomic E-state index is 0.148. The highest BCUT2D eigenvalue weighted by molar-refractivity contribution is 5.59. The molecule has 0 fully saturated rings. The fourth-order valence-electron chi connectivity index (χ4n) is 1.90. The number of nitrogens with zero attached hydrogens (tertiary/aromatic N) is 1. The molecule has 1 unspecified atom stereocenters. The Morgan fingerprint density at radius 3 is 2.41 bits per heavy atom. The van der Waals surface area contributed by atoms with Crippen LogP contribution in [0, 0.1) is 0 Å². The first kappa shape index (κ1) is 13.8. The first-order chi connectivity index (χ1) is 7.95. The lowest BCUT2D eigenvalue weighted by Crippen LogP contribution is -2.33. The molecule has 0 aliphatic rings. The molecule has 96 valence electrons. The van der Waals surface area contributed by atoms with Gasteiger partial charge >= 0.3 is 0 Å². The van der Waals surface area contributed by atoms with Crippen molar-refractivity contribution in [3.63, 3.8) is 0 Å². The van der Waals surface area contributed by atoms with Gasteiger partial charge in [0.2, 0.25) is 0 Å². The molecule has 17 heavy (non-hydrogen) atoms. The standard InChI is InChI=1S/C14H24N2O/c1-10(2)12-6-7-13(14(8-12)17-5)16(4)9-11(3)15/h6-8,10-11H,9,15H2,1-5H3. The molecule has 0 aliphatic carbocycles. The molecule has 3 heteroatoms. The minimum Gasteiger partial charge on any atom is -0.495 e. The fourth-order valence-corrected chi connectivity index (χ4v) is 1.90. The molecule has 0 amide bonds. The molecule has 2 N–H and O–H groups in total. The van der Waals surface area contributed by atoms with E-state index in [1.165, 1.54) is 5.56 Å². The maximum atomic E-state index is 5.82. The maximum Gasteiger partial charge on any atom is 0.142 e. The smallest absolute Gasteiger partial charge is 0.142 e. The van der Waals surface area contributed by atoms with Gasteiger partial charge in [0.15, 0.2) is 0 Å². The molecule has 0 spiro atoms. The summed E-state index contributed by atoms with van der Waals surface area (Å²) in [6, 6.07) is 6.52. The lowest BCUT2D eigenvalue weighted by atomic mass is 10.0. The number of hydrogen-bond acceptors (Lipinski definition) is 3. The lowest BCUT2D eigenvalue weighted by Gasteiger charge is -2.24. The van der Waals surface area contributed by atoms with Crippen molar-refractivity contribution in [2.24, 2.45) is 5.73 Å². The van der Waals surface area contributed by atoms with E-state index in [0.29, 0.717) is 5.92 Å². The highest BCUT2D eigenvalue weighted by Gasteiger charge is 2.11. The molecular weight excluding hydrogens is 212 g/mol. The Labute approximate surface area is 105 Å². The first-order valence-electron chi connectivity index (χ1n) is 6.10. The van der Waals surface area contributed by atoms with Gasteiger partial charge in [0.25, 0.3) is 0 Å². The van der Waals surface area contributed by atoms with Gasteiger partial charge in [-0.2, -0.15) is 0 Å². The normalized spacial score (nSPS) is 12.6. The molecule has 1 atom stereocenters. The quantitative estimate of drug-likeness (QED) is 0.854. The molecule has 1 aromatic carbocycles. The maximum absolute atomic E-state index is 5.82. The summed E-state index contributed by atoms with van der Waals surface area (Å²) in [5, 5.41) is 0. The van der Waals surface area contributed by atoms with Crippen LogP contribution in [0.1, 0.15) is 32.3 Å². The van der Waals surface area contributed by atoms with Crippen LogP contribution in [0.5, 0.6) is 5.75 Å². The topological polar surface area (TPSA) is 38.5 Å². The van der Waals surface area contributed by atoms with Gasteiger partial charge in [0.1, 0.15) is 5.75 Å². The Bertz CT molecular complexity index is 361. The third-order valence-corrected chi connectivity index (χ3v) is 2.84. The van der Waals surface area contributed by atoms with Crippen molar-refractivity contribution >= 4 is 5.69 Å². The van der Waals surface area contributed by atoms with Crippen molar-refractivity contribution in [2.45, 2.75) is 32.7 Å². The van der Waals surface area contributed by atoms with E-state index in [2.05, 4.69) is 36.9 Å². The van der Waals surface area contributed by atoms with Gasteiger partial charge in [0, 0.05) is 19.6 Å². The Balaban J connectivity index is 2.99. The van der Waals surface area contributed by atoms with Crippen LogP contribution in [0.3, 0.4) is 0 Å². The second-order valence-electron chi connectivity index (χ2n) is 4.94. The van der Waals surface area contributed by atoms with Crippen LogP contribution >= 0.6 is 0 Å². The number of anilines is 1. The van der Waals surface area contributed by atoms with Crippen molar-refractivity contribution in [1.82, 2.24) is 0 Å². The van der Waals surface area contributed by atoms with Crippen molar-refractivity contribution in [1.29, 1.82) is 0 Å². The zero-order chi connectivity index (χ0) is 13.0. The number of ether oxygens (including phenoxy) is 1. The number of hydrogen-bond donors (Lipinski definition) is 1. The fraction of sp³-hybridized carbons (Fsp3) is 0.571. The third kappa shape index (κ3) is 3.63. The summed E-state index contributed by atoms with van der Waals surface area (Å²) in [7, 11) is 3.75. The Hall–Kier alpha value is -1.22. The predicted octanol–water partition coefficient (Wildman–Crippen LogP) is 2.60. The van der Waals surface area contributed by atoms with Gasteiger partial charge in [0.05, 0.1) is 12.8 Å². The largest absolute Gasteiger partial charge is 0.495 e. The van der Waals surface area contributed by atoms with E-state index in [0.717, 1.165) is 18.0 Å². The van der Waals surface area contributed by atoms with Gasteiger partial charge in [-0.15, -0.1) is 0 Å². The van der Waals surface area contributed by atoms with Crippen LogP contribution in [0.25, 0.3) is 0 Å². The van der Waals surface area contributed by atoms with E-state index in [1.807, 2.05) is 14.0 Å². The van der Waals surface area contributed by atoms with E-state index in [4.69, 9.17) is 10.5 Å². The summed E-state index contributed by atoms with van der Waals surface area (Å²) in [6.45, 7) is 7.18. The van der Waals surface area contributed by atoms with E-state index in [9.17, 15) is 0 Å². The minimum absolute atomic E-state index is 0.148. The summed E-state index contributed by atoms with van der Waals surface area (Å²) in [5.41, 5.74) is 8.20. The number of methoxy groups -OCH3 is 1. The zero-order valence-corrected chi connectivity index (χ0v) is 11.5. The van der Waals surface area contributed by atoms with Gasteiger partial charge in [-0.1, -0.05) is 19.9 Å². The van der Waals surface area contributed by atoms with Gasteiger partial charge in [-0.05, 0) is 30.5 Å². The number of rotatable bonds is 5. The van der Waals surface area contributed by atoms with Crippen LogP contribution in [0.4, 0.5) is 5.69 Å². The second-order valence-corrected chi connectivity index (χ2v) is 4.94. The van der Waals surface area contributed by atoms with Crippen molar-refractivity contribution in [2.75, 3.05) is 25.6 Å². The zero-order valence-electron chi connectivity index (χ0n) is 11.5. The van der Waals surface area contributed by atoms with Crippen molar-refractivity contribution < 1.29 is 4.74 Å². The summed E-state index contributed by atoms with van der Waals surface area (Å²) in [6.07, 6.45) is 0. The Kier molecular flexibility index (Phi) is 4.82. The average molecular weight is 236 g/mol. The van der Waals surface area contributed by atoms with Crippen LogP contribution in [-0.2, 0) is 0 Å². The summed E-state index contributed by atoms with van der Waals surface area (Å²) < 4.78 is 5.46. The van der Waals surface area contributed by atoms with Crippen molar-refractivity contribution in [3.05, 3.63) is 23.8 Å². The summed E-state index contributed by atoms with van der Waals surface area (Å²) >= 11 is 0. The predicted molar refractivity (Wildman–Crippen MR) is 74.0 cm³/mol. The van der Waals surface area contributed by atoms with E-state index in [1.54, 1.807) is 7.11 Å². The van der Waals surface area contributed by atoms with Crippen molar-refractivity contribution in [3.8, 4) is 5.75 Å². The van der Waals surface area contributed by atoms with Crippen LogP contribution < -0.4 is 15.4 Å². The lowest BCUT2D eigenvalue weighted by molar-refractivity contribution is 0.414. The van der Waals surface area contributed by atoms with Gasteiger partial charge in [-0.3, -0.25) is 0 Å². The second kappa shape index (κ2) is 5.92. The SMILES string of the molecule is COc1cc(C(C)C)ccc1N(C)CC(C)N. The highest BCUT2D eigenvalue weighted by atomic mass is 16.5. The average Bonchev–Trinajstić information content (AvgIpc) is 2.27. The molecule has 1 aromatic rings. The monoisotopic (exact) mass is 236 g/mol. The van der Waals surface area contributed by atoms with Gasteiger partial charge < -0.3 is 15.4 Å². The molecule has 1 rings (SSSR count). The highest BCUT2D eigenvalue weighted by Crippen LogP contribution is 2.31. The van der Waals surface area contributed by atoms with Gasteiger partial charge in [-0.25, -0.2) is 0 Å². The molecule has 0 aliphatic heterocycles. The Morgan fingerprint density at radius 2 is 1.94 bits per heavy atom. The summed E-state index contributed by atoms with van der Waals surface area (Å²) in [5.74, 6) is 1.43. The van der Waals surface area contributed by atoms with E-state index < -0.39 is 0 Å². The molecule has 0 saturated carbocycles. The molecule has 0 bridgehead atoms. The Morgan fingerprint density at radius 1 is 1.29 bits per heavy atom. The third-order valence-electron chi connectivity index (χ3n) is 2.84. The summed E-state index contributed by atoms with van der Waals surface area (Å²) in [4.78, 5) is 2.13. The molecule has 0 radical (unpaired) electrons. The molecular formula is C14H24N2O. The van der Waals surface area contributed by atoms with Crippen LogP contribution in [0.2, 0.25) is 0 Å². The van der Waals surface area contributed by atoms with E-state index in [-0.39, 0.29) is 6.04 Å². The molecule has 0 heterocycles. The van der Waals surface area contributed by atoms with Crippen LogP contribution in [-0.4, -0.2) is 26.7 Å². The molecule has 0 aromatic heterocycles. The number of benzene rings is 1. The number of likely N-dealkylation sites (N-methyl/N-ethyl adjacent to an activating group) is 1. The molecule has 3 nitrogen and oxygen atoms in total. The molecule has 0 saturated heterocycles. The van der Waals surface area contributed by atoms with Crippen LogP contribution in [0.15, 0.2) is 18.2 Å². The van der Waals surface area contributed by atoms with E-state index >= 15 is 0 Å². The number of nitrogens with two attached hydrogens (primary N) is 1. The first-order valence-corrected chi connectivity index (χ1v) is 6.10.